The number of benzene rings is 1. The molecule has 0 unspecified atom stereocenters. The predicted molar refractivity (Wildman–Crippen MR) is 118 cm³/mol. The number of aliphatic hydroxyl groups excluding tert-OH is 1. The van der Waals surface area contributed by atoms with Gasteiger partial charge < -0.3 is 14.8 Å². The Labute approximate surface area is 193 Å². The lowest BCUT2D eigenvalue weighted by Crippen LogP contribution is -2.49. The summed E-state index contributed by atoms with van der Waals surface area (Å²) >= 11 is 0. The minimum Gasteiger partial charge on any atom is -0.481 e. The molecule has 0 saturated carbocycles. The molecule has 0 aliphatic carbocycles. The number of carbonyl (C=O) groups is 1. The minimum absolute atomic E-state index is 0.178. The standard InChI is InChI=1S/C23H20FN3O6S/c24-16-5-1-2-6-19(16)34(32,33)27-18-11-26-17(21(27)20(23(30)31)15(18)12-28)8-7-14(22(26)29)13-4-3-9-25-10-13/h1-10,15,18,20-21,28H,11-12H2,(H,30,31)/t15-,18-,20+,21+/m0/s1. The van der Waals surface area contributed by atoms with Crippen molar-refractivity contribution in [3.63, 3.8) is 0 Å². The van der Waals surface area contributed by atoms with Crippen molar-refractivity contribution in [3.8, 4) is 11.1 Å². The average Bonchev–Trinajstić information content (AvgIpc) is 3.08. The van der Waals surface area contributed by atoms with Gasteiger partial charge in [0.1, 0.15) is 10.7 Å². The summed E-state index contributed by atoms with van der Waals surface area (Å²) in [6.07, 6.45) is 3.08. The minimum atomic E-state index is -4.50. The molecular formula is C23H20FN3O6S. The monoisotopic (exact) mass is 485 g/mol. The van der Waals surface area contributed by atoms with Crippen LogP contribution < -0.4 is 5.56 Å². The van der Waals surface area contributed by atoms with Gasteiger partial charge in [-0.15, -0.1) is 0 Å². The van der Waals surface area contributed by atoms with Crippen LogP contribution in [-0.2, 0) is 21.4 Å². The maximum Gasteiger partial charge on any atom is 0.308 e. The van der Waals surface area contributed by atoms with Crippen LogP contribution in [-0.4, -0.2) is 51.1 Å². The van der Waals surface area contributed by atoms with Gasteiger partial charge in [0.15, 0.2) is 0 Å². The molecule has 0 radical (unpaired) electrons. The number of nitrogens with zero attached hydrogens (tertiary/aromatic N) is 3. The number of carboxylic acid groups (broad SMARTS) is 1. The van der Waals surface area contributed by atoms with Gasteiger partial charge in [-0.3, -0.25) is 14.6 Å². The fourth-order valence-electron chi connectivity index (χ4n) is 5.17. The van der Waals surface area contributed by atoms with Gasteiger partial charge in [-0.25, -0.2) is 12.8 Å². The quantitative estimate of drug-likeness (QED) is 0.560. The van der Waals surface area contributed by atoms with Gasteiger partial charge in [0.05, 0.1) is 12.0 Å². The number of sulfonamides is 1. The van der Waals surface area contributed by atoms with Gasteiger partial charge in [-0.1, -0.05) is 18.2 Å². The van der Waals surface area contributed by atoms with E-state index in [-0.39, 0.29) is 12.2 Å². The zero-order chi connectivity index (χ0) is 24.2. The van der Waals surface area contributed by atoms with Gasteiger partial charge in [-0.05, 0) is 30.3 Å². The number of rotatable bonds is 5. The van der Waals surface area contributed by atoms with E-state index in [4.69, 9.17) is 0 Å². The van der Waals surface area contributed by atoms with Crippen LogP contribution >= 0.6 is 0 Å². The summed E-state index contributed by atoms with van der Waals surface area (Å²) in [6.45, 7) is -0.791. The zero-order valence-electron chi connectivity index (χ0n) is 17.7. The first-order valence-corrected chi connectivity index (χ1v) is 12.0. The van der Waals surface area contributed by atoms with E-state index < -0.39 is 62.8 Å². The van der Waals surface area contributed by atoms with Crippen LogP contribution in [0.4, 0.5) is 4.39 Å². The van der Waals surface area contributed by atoms with E-state index in [9.17, 15) is 32.6 Å². The predicted octanol–water partition coefficient (Wildman–Crippen LogP) is 1.49. The lowest BCUT2D eigenvalue weighted by molar-refractivity contribution is -0.144. The van der Waals surface area contributed by atoms with Gasteiger partial charge in [-0.2, -0.15) is 4.31 Å². The van der Waals surface area contributed by atoms with Crippen molar-refractivity contribution >= 4 is 16.0 Å². The molecule has 4 heterocycles. The first-order valence-electron chi connectivity index (χ1n) is 10.5. The van der Waals surface area contributed by atoms with Gasteiger partial charge >= 0.3 is 5.97 Å². The highest BCUT2D eigenvalue weighted by Crippen LogP contribution is 2.51. The lowest BCUT2D eigenvalue weighted by Gasteiger charge is -2.37. The molecule has 0 spiro atoms. The number of hydrogen-bond donors (Lipinski definition) is 2. The third-order valence-electron chi connectivity index (χ3n) is 6.64. The zero-order valence-corrected chi connectivity index (χ0v) is 18.5. The van der Waals surface area contributed by atoms with E-state index in [1.165, 1.54) is 35.0 Å². The Balaban J connectivity index is 1.73. The molecule has 1 fully saturated rings. The number of aliphatic carboxylic acids is 1. The normalized spacial score (nSPS) is 24.1. The number of hydrogen-bond acceptors (Lipinski definition) is 6. The fourth-order valence-corrected chi connectivity index (χ4v) is 7.08. The number of aliphatic hydroxyl groups is 1. The Morgan fingerprint density at radius 2 is 1.91 bits per heavy atom. The van der Waals surface area contributed by atoms with Gasteiger partial charge in [0.2, 0.25) is 10.0 Å². The number of halogens is 1. The Morgan fingerprint density at radius 3 is 2.56 bits per heavy atom. The first kappa shape index (κ1) is 22.4. The van der Waals surface area contributed by atoms with Crippen molar-refractivity contribution in [2.24, 2.45) is 11.8 Å². The molecule has 9 nitrogen and oxygen atoms in total. The van der Waals surface area contributed by atoms with Crippen LogP contribution in [0.25, 0.3) is 11.1 Å². The molecule has 1 aromatic carbocycles. The SMILES string of the molecule is O=C(O)[C@@H]1[C@@H](CO)[C@@H]2Cn3c(ccc(-c4cccnc4)c3=O)[C@H]1N2S(=O)(=O)c1ccccc1F. The van der Waals surface area contributed by atoms with Crippen molar-refractivity contribution in [3.05, 3.63) is 82.8 Å². The maximum atomic E-state index is 14.5. The van der Waals surface area contributed by atoms with Crippen molar-refractivity contribution in [1.29, 1.82) is 0 Å². The molecule has 11 heteroatoms. The van der Waals surface area contributed by atoms with E-state index >= 15 is 0 Å². The number of fused-ring (bicyclic) bond motifs is 4. The molecule has 1 saturated heterocycles. The highest BCUT2D eigenvalue weighted by molar-refractivity contribution is 7.89. The van der Waals surface area contributed by atoms with Crippen molar-refractivity contribution < 1.29 is 27.8 Å². The summed E-state index contributed by atoms with van der Waals surface area (Å²) in [5, 5.41) is 20.1. The van der Waals surface area contributed by atoms with Crippen LogP contribution in [0.1, 0.15) is 11.7 Å². The number of aromatic nitrogens is 2. The van der Waals surface area contributed by atoms with Crippen LogP contribution in [0.15, 0.2) is 70.6 Å². The summed E-state index contributed by atoms with van der Waals surface area (Å²) in [5.74, 6) is -4.60. The van der Waals surface area contributed by atoms with Crippen molar-refractivity contribution in [2.45, 2.75) is 23.5 Å². The molecule has 4 atom stereocenters. The van der Waals surface area contributed by atoms with Crippen LogP contribution in [0, 0.1) is 17.7 Å². The van der Waals surface area contributed by atoms with Crippen molar-refractivity contribution in [2.75, 3.05) is 6.61 Å². The molecule has 34 heavy (non-hydrogen) atoms. The topological polar surface area (TPSA) is 130 Å². The highest BCUT2D eigenvalue weighted by atomic mass is 32.2. The van der Waals surface area contributed by atoms with E-state index in [0.29, 0.717) is 11.1 Å². The summed E-state index contributed by atoms with van der Waals surface area (Å²) < 4.78 is 44.0. The van der Waals surface area contributed by atoms with E-state index in [0.717, 1.165) is 16.4 Å². The lowest BCUT2D eigenvalue weighted by atomic mass is 9.87. The molecular weight excluding hydrogens is 465 g/mol. The second-order valence-corrected chi connectivity index (χ2v) is 10.1. The Bertz CT molecular complexity index is 1440. The van der Waals surface area contributed by atoms with E-state index in [2.05, 4.69) is 4.98 Å². The first-order chi connectivity index (χ1) is 16.3. The summed E-state index contributed by atoms with van der Waals surface area (Å²) in [4.78, 5) is 29.1. The molecule has 2 aromatic heterocycles. The average molecular weight is 485 g/mol. The maximum absolute atomic E-state index is 14.5. The molecule has 5 rings (SSSR count). The second-order valence-electron chi connectivity index (χ2n) is 8.32. The Kier molecular flexibility index (Phi) is 5.34. The van der Waals surface area contributed by atoms with Gasteiger partial charge in [0.25, 0.3) is 5.56 Å². The molecule has 2 aliphatic rings. The largest absolute Gasteiger partial charge is 0.481 e. The van der Waals surface area contributed by atoms with E-state index in [1.807, 2.05) is 0 Å². The third kappa shape index (κ3) is 3.19. The molecule has 2 N–H and O–H groups in total. The molecule has 2 bridgehead atoms. The summed E-state index contributed by atoms with van der Waals surface area (Å²) in [7, 11) is -4.50. The molecule has 0 amide bonds. The number of carboxylic acids is 1. The van der Waals surface area contributed by atoms with Crippen LogP contribution in [0.5, 0.6) is 0 Å². The molecule has 3 aromatic rings. The third-order valence-corrected chi connectivity index (χ3v) is 8.58. The second kappa shape index (κ2) is 8.12. The molecule has 176 valence electrons. The van der Waals surface area contributed by atoms with Gasteiger partial charge in [0, 0.05) is 54.3 Å². The smallest absolute Gasteiger partial charge is 0.308 e. The summed E-state index contributed by atoms with van der Waals surface area (Å²) in [5.41, 5.74) is 0.641. The highest BCUT2D eigenvalue weighted by Gasteiger charge is 2.60. The Morgan fingerprint density at radius 1 is 1.15 bits per heavy atom. The summed E-state index contributed by atoms with van der Waals surface area (Å²) in [6, 6.07) is 8.89. The van der Waals surface area contributed by atoms with Crippen molar-refractivity contribution in [1.82, 2.24) is 13.9 Å². The molecule has 2 aliphatic heterocycles. The number of pyridine rings is 2. The fraction of sp³-hybridized carbons (Fsp3) is 0.261. The van der Waals surface area contributed by atoms with E-state index in [1.54, 1.807) is 18.3 Å². The van der Waals surface area contributed by atoms with Crippen LogP contribution in [0.3, 0.4) is 0 Å². The Hall–Kier alpha value is -3.41. The van der Waals surface area contributed by atoms with Crippen LogP contribution in [0.2, 0.25) is 0 Å².